The molecule has 0 saturated heterocycles. The molecule has 126 valence electrons. The topological polar surface area (TPSA) is 64.8 Å². The number of rotatable bonds is 4. The molecule has 1 unspecified atom stereocenters. The first kappa shape index (κ1) is 16.3. The normalized spacial score (nSPS) is 14.7. The van der Waals surface area contributed by atoms with Crippen LogP contribution in [0, 0.1) is 0 Å². The molecule has 0 radical (unpaired) electrons. The molecule has 0 saturated carbocycles. The Morgan fingerprint density at radius 1 is 1.08 bits per heavy atom. The molecule has 0 bridgehead atoms. The van der Waals surface area contributed by atoms with Crippen LogP contribution in [0.2, 0.25) is 0 Å². The first-order valence-corrected chi connectivity index (χ1v) is 7.97. The molecule has 0 fully saturated rings. The van der Waals surface area contributed by atoms with Gasteiger partial charge in [-0.3, -0.25) is 4.79 Å². The molecule has 5 heteroatoms. The maximum Gasteiger partial charge on any atom is 0.244 e. The molecule has 24 heavy (non-hydrogen) atoms. The molecule has 0 spiro atoms. The Kier molecular flexibility index (Phi) is 4.71. The van der Waals surface area contributed by atoms with Gasteiger partial charge in [0, 0.05) is 13.1 Å². The van der Waals surface area contributed by atoms with E-state index < -0.39 is 6.04 Å². The molecule has 0 aromatic heterocycles. The van der Waals surface area contributed by atoms with Crippen LogP contribution in [0.15, 0.2) is 42.5 Å². The predicted octanol–water partition coefficient (Wildman–Crippen LogP) is 2.29. The lowest BCUT2D eigenvalue weighted by atomic mass is 9.97. The molecule has 0 aliphatic carbocycles. The average molecular weight is 326 g/mol. The zero-order valence-corrected chi connectivity index (χ0v) is 14.0. The number of benzene rings is 2. The molecule has 1 amide bonds. The van der Waals surface area contributed by atoms with Crippen molar-refractivity contribution in [3.8, 4) is 11.5 Å². The van der Waals surface area contributed by atoms with Crippen LogP contribution in [0.4, 0.5) is 0 Å². The van der Waals surface area contributed by atoms with Gasteiger partial charge in [0.15, 0.2) is 11.5 Å². The van der Waals surface area contributed by atoms with E-state index in [4.69, 9.17) is 15.2 Å². The molecular formula is C19H22N2O3. The minimum absolute atomic E-state index is 0.0540. The van der Waals surface area contributed by atoms with Crippen molar-refractivity contribution in [1.29, 1.82) is 0 Å². The monoisotopic (exact) mass is 326 g/mol. The first-order chi connectivity index (χ1) is 11.6. The lowest BCUT2D eigenvalue weighted by Gasteiger charge is -2.31. The summed E-state index contributed by atoms with van der Waals surface area (Å²) < 4.78 is 10.7. The third-order valence-corrected chi connectivity index (χ3v) is 4.45. The van der Waals surface area contributed by atoms with Gasteiger partial charge in [-0.2, -0.15) is 0 Å². The highest BCUT2D eigenvalue weighted by atomic mass is 16.5. The fourth-order valence-corrected chi connectivity index (χ4v) is 3.07. The Hall–Kier alpha value is -2.53. The molecule has 1 heterocycles. The molecular weight excluding hydrogens is 304 g/mol. The second-order valence-electron chi connectivity index (χ2n) is 5.87. The Labute approximate surface area is 142 Å². The molecule has 2 aromatic carbocycles. The summed E-state index contributed by atoms with van der Waals surface area (Å²) in [6, 6.07) is 12.8. The summed E-state index contributed by atoms with van der Waals surface area (Å²) in [4.78, 5) is 14.5. The number of hydrogen-bond donors (Lipinski definition) is 1. The number of nitrogens with zero attached hydrogens (tertiary/aromatic N) is 1. The van der Waals surface area contributed by atoms with Crippen LogP contribution in [0.5, 0.6) is 11.5 Å². The molecule has 1 aliphatic rings. The van der Waals surface area contributed by atoms with E-state index >= 15 is 0 Å². The quantitative estimate of drug-likeness (QED) is 0.936. The Bertz CT molecular complexity index is 731. The average Bonchev–Trinajstić information content (AvgIpc) is 2.65. The van der Waals surface area contributed by atoms with Crippen molar-refractivity contribution in [3.63, 3.8) is 0 Å². The number of hydrogen-bond acceptors (Lipinski definition) is 4. The minimum Gasteiger partial charge on any atom is -0.493 e. The molecule has 5 nitrogen and oxygen atoms in total. The predicted molar refractivity (Wildman–Crippen MR) is 92.0 cm³/mol. The second kappa shape index (κ2) is 6.93. The number of nitrogens with two attached hydrogens (primary N) is 1. The SMILES string of the molecule is COc1cc2c(cc1OC)CN(C(=O)C(N)c1ccccc1)CC2. The van der Waals surface area contributed by atoms with E-state index in [-0.39, 0.29) is 5.91 Å². The number of ether oxygens (including phenoxy) is 2. The maximum absolute atomic E-state index is 12.7. The molecule has 1 atom stereocenters. The third-order valence-electron chi connectivity index (χ3n) is 4.45. The highest BCUT2D eigenvalue weighted by Gasteiger charge is 2.27. The maximum atomic E-state index is 12.7. The fourth-order valence-electron chi connectivity index (χ4n) is 3.07. The van der Waals surface area contributed by atoms with Crippen molar-refractivity contribution >= 4 is 5.91 Å². The van der Waals surface area contributed by atoms with Gasteiger partial charge in [-0.25, -0.2) is 0 Å². The van der Waals surface area contributed by atoms with Gasteiger partial charge < -0.3 is 20.1 Å². The zero-order valence-electron chi connectivity index (χ0n) is 14.0. The molecule has 2 aromatic rings. The number of carbonyl (C=O) groups excluding carboxylic acids is 1. The van der Waals surface area contributed by atoms with Gasteiger partial charge in [-0.15, -0.1) is 0 Å². The van der Waals surface area contributed by atoms with E-state index in [0.717, 1.165) is 23.3 Å². The van der Waals surface area contributed by atoms with Crippen LogP contribution >= 0.6 is 0 Å². The summed E-state index contributed by atoms with van der Waals surface area (Å²) >= 11 is 0. The number of amides is 1. The van der Waals surface area contributed by atoms with Gasteiger partial charge in [-0.1, -0.05) is 30.3 Å². The fraction of sp³-hybridized carbons (Fsp3) is 0.316. The van der Waals surface area contributed by atoms with E-state index in [9.17, 15) is 4.79 Å². The lowest BCUT2D eigenvalue weighted by molar-refractivity contribution is -0.133. The van der Waals surface area contributed by atoms with Crippen LogP contribution in [0.3, 0.4) is 0 Å². The highest BCUT2D eigenvalue weighted by Crippen LogP contribution is 2.33. The van der Waals surface area contributed by atoms with Crippen LogP contribution < -0.4 is 15.2 Å². The van der Waals surface area contributed by atoms with Gasteiger partial charge in [0.2, 0.25) is 5.91 Å². The van der Waals surface area contributed by atoms with Crippen LogP contribution in [-0.4, -0.2) is 31.6 Å². The van der Waals surface area contributed by atoms with Gasteiger partial charge in [0.1, 0.15) is 6.04 Å². The highest BCUT2D eigenvalue weighted by molar-refractivity contribution is 5.83. The van der Waals surface area contributed by atoms with Gasteiger partial charge in [0.25, 0.3) is 0 Å². The third kappa shape index (κ3) is 3.08. The van der Waals surface area contributed by atoms with E-state index in [1.807, 2.05) is 47.4 Å². The summed E-state index contributed by atoms with van der Waals surface area (Å²) in [6.07, 6.45) is 0.781. The zero-order chi connectivity index (χ0) is 17.1. The van der Waals surface area contributed by atoms with Crippen molar-refractivity contribution in [1.82, 2.24) is 4.90 Å². The standard InChI is InChI=1S/C19H22N2O3/c1-23-16-10-14-8-9-21(12-15(14)11-17(16)24-2)19(22)18(20)13-6-4-3-5-7-13/h3-7,10-11,18H,8-9,12,20H2,1-2H3. The van der Waals surface area contributed by atoms with Crippen molar-refractivity contribution in [2.75, 3.05) is 20.8 Å². The largest absolute Gasteiger partial charge is 0.493 e. The van der Waals surface area contributed by atoms with E-state index in [0.29, 0.717) is 18.8 Å². The van der Waals surface area contributed by atoms with E-state index in [1.54, 1.807) is 14.2 Å². The van der Waals surface area contributed by atoms with E-state index in [1.165, 1.54) is 5.56 Å². The van der Waals surface area contributed by atoms with Crippen molar-refractivity contribution in [2.24, 2.45) is 5.73 Å². The van der Waals surface area contributed by atoms with Gasteiger partial charge in [0.05, 0.1) is 14.2 Å². The molecule has 1 aliphatic heterocycles. The van der Waals surface area contributed by atoms with Crippen molar-refractivity contribution in [3.05, 3.63) is 59.2 Å². The first-order valence-electron chi connectivity index (χ1n) is 7.97. The van der Waals surface area contributed by atoms with Gasteiger partial charge >= 0.3 is 0 Å². The number of methoxy groups -OCH3 is 2. The summed E-state index contributed by atoms with van der Waals surface area (Å²) in [5.74, 6) is 1.34. The van der Waals surface area contributed by atoms with Crippen LogP contribution in [0.25, 0.3) is 0 Å². The van der Waals surface area contributed by atoms with Gasteiger partial charge in [-0.05, 0) is 35.2 Å². The summed E-state index contributed by atoms with van der Waals surface area (Å²) in [5.41, 5.74) is 9.25. The van der Waals surface area contributed by atoms with Crippen LogP contribution in [-0.2, 0) is 17.8 Å². The molecule has 2 N–H and O–H groups in total. The summed E-state index contributed by atoms with van der Waals surface area (Å²) in [7, 11) is 3.24. The number of fused-ring (bicyclic) bond motifs is 1. The Morgan fingerprint density at radius 2 is 1.71 bits per heavy atom. The summed E-state index contributed by atoms with van der Waals surface area (Å²) in [5, 5.41) is 0. The minimum atomic E-state index is -0.632. The lowest BCUT2D eigenvalue weighted by Crippen LogP contribution is -2.41. The Morgan fingerprint density at radius 3 is 2.33 bits per heavy atom. The van der Waals surface area contributed by atoms with Crippen molar-refractivity contribution in [2.45, 2.75) is 19.0 Å². The van der Waals surface area contributed by atoms with Crippen LogP contribution in [0.1, 0.15) is 22.7 Å². The second-order valence-corrected chi connectivity index (χ2v) is 5.87. The van der Waals surface area contributed by atoms with E-state index in [2.05, 4.69) is 0 Å². The number of carbonyl (C=O) groups is 1. The summed E-state index contributed by atoms with van der Waals surface area (Å²) in [6.45, 7) is 1.19. The Balaban J connectivity index is 1.80. The molecule has 3 rings (SSSR count). The smallest absolute Gasteiger partial charge is 0.244 e. The van der Waals surface area contributed by atoms with Crippen molar-refractivity contribution < 1.29 is 14.3 Å².